The molecule has 2 amide bonds. The maximum Gasteiger partial charge on any atom is 0.257 e. The van der Waals surface area contributed by atoms with Crippen molar-refractivity contribution in [3.63, 3.8) is 0 Å². The smallest absolute Gasteiger partial charge is 0.257 e. The van der Waals surface area contributed by atoms with Crippen LogP contribution in [0, 0.1) is 12.8 Å². The van der Waals surface area contributed by atoms with E-state index >= 15 is 0 Å². The lowest BCUT2D eigenvalue weighted by atomic mass is 9.96. The van der Waals surface area contributed by atoms with E-state index in [-0.39, 0.29) is 17.7 Å². The molecule has 0 bridgehead atoms. The molecular formula is C22H23N3O3S. The van der Waals surface area contributed by atoms with Crippen molar-refractivity contribution in [1.29, 1.82) is 0 Å². The van der Waals surface area contributed by atoms with Gasteiger partial charge >= 0.3 is 0 Å². The Kier molecular flexibility index (Phi) is 5.58. The van der Waals surface area contributed by atoms with Gasteiger partial charge in [-0.15, -0.1) is 0 Å². The van der Waals surface area contributed by atoms with Gasteiger partial charge in [-0.25, -0.2) is 4.98 Å². The number of piperidine rings is 1. The number of carbonyl (C=O) groups is 2. The van der Waals surface area contributed by atoms with Gasteiger partial charge in [0.1, 0.15) is 5.52 Å². The Morgan fingerprint density at radius 2 is 1.97 bits per heavy atom. The molecule has 2 heterocycles. The summed E-state index contributed by atoms with van der Waals surface area (Å²) in [6, 6.07) is 13.5. The second kappa shape index (κ2) is 8.29. The summed E-state index contributed by atoms with van der Waals surface area (Å²) >= 11 is 1.51. The molecule has 0 atom stereocenters. The maximum absolute atomic E-state index is 12.8. The van der Waals surface area contributed by atoms with Crippen LogP contribution in [0.2, 0.25) is 0 Å². The van der Waals surface area contributed by atoms with Gasteiger partial charge in [0, 0.05) is 30.3 Å². The summed E-state index contributed by atoms with van der Waals surface area (Å²) in [5, 5.41) is 0.625. The zero-order valence-corrected chi connectivity index (χ0v) is 17.1. The van der Waals surface area contributed by atoms with Gasteiger partial charge in [-0.3, -0.25) is 9.59 Å². The fourth-order valence-electron chi connectivity index (χ4n) is 3.62. The van der Waals surface area contributed by atoms with Crippen LogP contribution >= 0.6 is 11.8 Å². The summed E-state index contributed by atoms with van der Waals surface area (Å²) in [5.41, 5.74) is 9.84. The van der Waals surface area contributed by atoms with Crippen LogP contribution in [0.3, 0.4) is 0 Å². The summed E-state index contributed by atoms with van der Waals surface area (Å²) in [6.07, 6.45) is 1.27. The summed E-state index contributed by atoms with van der Waals surface area (Å²) in [4.78, 5) is 30.5. The molecule has 1 aliphatic heterocycles. The number of oxazole rings is 1. The molecule has 1 aliphatic rings. The number of rotatable bonds is 5. The fraction of sp³-hybridized carbons (Fsp3) is 0.318. The third kappa shape index (κ3) is 4.29. The Morgan fingerprint density at radius 3 is 2.69 bits per heavy atom. The quantitative estimate of drug-likeness (QED) is 0.648. The highest BCUT2D eigenvalue weighted by Gasteiger charge is 2.26. The van der Waals surface area contributed by atoms with Gasteiger partial charge in [-0.1, -0.05) is 36.0 Å². The molecule has 1 aromatic heterocycles. The monoisotopic (exact) mass is 409 g/mol. The molecule has 1 fully saturated rings. The fourth-order valence-corrected chi connectivity index (χ4v) is 4.39. The van der Waals surface area contributed by atoms with Crippen molar-refractivity contribution in [3.05, 3.63) is 59.2 Å². The van der Waals surface area contributed by atoms with E-state index in [1.165, 1.54) is 11.8 Å². The van der Waals surface area contributed by atoms with Gasteiger partial charge in [0.15, 0.2) is 5.58 Å². The molecule has 6 nitrogen and oxygen atoms in total. The van der Waals surface area contributed by atoms with E-state index in [0.29, 0.717) is 42.5 Å². The molecule has 2 N–H and O–H groups in total. The number of amides is 2. The Morgan fingerprint density at radius 1 is 1.21 bits per heavy atom. The number of hydrogen-bond acceptors (Lipinski definition) is 5. The first-order valence-electron chi connectivity index (χ1n) is 9.68. The van der Waals surface area contributed by atoms with Crippen molar-refractivity contribution in [2.45, 2.75) is 30.7 Å². The van der Waals surface area contributed by atoms with Crippen LogP contribution in [0.1, 0.15) is 34.3 Å². The summed E-state index contributed by atoms with van der Waals surface area (Å²) in [7, 11) is 0. The van der Waals surface area contributed by atoms with Crippen molar-refractivity contribution >= 4 is 34.7 Å². The van der Waals surface area contributed by atoms with E-state index < -0.39 is 0 Å². The molecule has 0 saturated carbocycles. The second-order valence-electron chi connectivity index (χ2n) is 7.36. The van der Waals surface area contributed by atoms with Crippen molar-refractivity contribution in [2.75, 3.05) is 13.1 Å². The molecule has 0 radical (unpaired) electrons. The number of aryl methyl sites for hydroxylation is 1. The Bertz CT molecular complexity index is 1050. The third-order valence-corrected chi connectivity index (χ3v) is 6.22. The number of thioether (sulfide) groups is 1. The molecule has 0 spiro atoms. The summed E-state index contributed by atoms with van der Waals surface area (Å²) in [6.45, 7) is 3.14. The highest BCUT2D eigenvalue weighted by atomic mass is 32.2. The SMILES string of the molecule is Cc1cccc2oc(SCc3cccc(C(=O)N4CCC(C(N)=O)CC4)c3)nc12. The average Bonchev–Trinajstić information content (AvgIpc) is 3.17. The van der Waals surface area contributed by atoms with E-state index in [1.807, 2.05) is 49.4 Å². The average molecular weight is 410 g/mol. The molecule has 0 unspecified atom stereocenters. The topological polar surface area (TPSA) is 89.4 Å². The number of carbonyl (C=O) groups excluding carboxylic acids is 2. The Hall–Kier alpha value is -2.80. The number of fused-ring (bicyclic) bond motifs is 1. The number of nitrogens with zero attached hydrogens (tertiary/aromatic N) is 2. The van der Waals surface area contributed by atoms with Crippen molar-refractivity contribution in [1.82, 2.24) is 9.88 Å². The standard InChI is InChI=1S/C22H23N3O3S/c1-14-4-2-7-18-19(14)24-22(28-18)29-13-15-5-3-6-17(12-15)21(27)25-10-8-16(9-11-25)20(23)26/h2-7,12,16H,8-11,13H2,1H3,(H2,23,26). The molecule has 0 aliphatic carbocycles. The van der Waals surface area contributed by atoms with E-state index in [4.69, 9.17) is 10.2 Å². The number of likely N-dealkylation sites (tertiary alicyclic amines) is 1. The maximum atomic E-state index is 12.8. The molecule has 1 saturated heterocycles. The van der Waals surface area contributed by atoms with Crippen LogP contribution < -0.4 is 5.73 Å². The first-order valence-corrected chi connectivity index (χ1v) is 10.7. The lowest BCUT2D eigenvalue weighted by molar-refractivity contribution is -0.123. The van der Waals surface area contributed by atoms with Gasteiger partial charge in [0.05, 0.1) is 0 Å². The van der Waals surface area contributed by atoms with Crippen LogP contribution in [0.4, 0.5) is 0 Å². The van der Waals surface area contributed by atoms with E-state index in [2.05, 4.69) is 4.98 Å². The van der Waals surface area contributed by atoms with Crippen molar-refractivity contribution in [2.24, 2.45) is 11.7 Å². The number of para-hydroxylation sites is 1. The zero-order valence-electron chi connectivity index (χ0n) is 16.3. The number of nitrogens with two attached hydrogens (primary N) is 1. The predicted molar refractivity (Wildman–Crippen MR) is 113 cm³/mol. The highest BCUT2D eigenvalue weighted by molar-refractivity contribution is 7.98. The predicted octanol–water partition coefficient (Wildman–Crippen LogP) is 3.77. The molecule has 7 heteroatoms. The third-order valence-electron chi connectivity index (χ3n) is 5.32. The molecule has 150 valence electrons. The normalized spacial score (nSPS) is 15.0. The second-order valence-corrected chi connectivity index (χ2v) is 8.29. The number of primary amides is 1. The molecular weight excluding hydrogens is 386 g/mol. The minimum absolute atomic E-state index is 0.00254. The number of benzene rings is 2. The largest absolute Gasteiger partial charge is 0.431 e. The van der Waals surface area contributed by atoms with E-state index in [0.717, 1.165) is 22.2 Å². The van der Waals surface area contributed by atoms with Gasteiger partial charge < -0.3 is 15.1 Å². The highest BCUT2D eigenvalue weighted by Crippen LogP contribution is 2.28. The van der Waals surface area contributed by atoms with Crippen LogP contribution in [0.5, 0.6) is 0 Å². The minimum atomic E-state index is -0.273. The Labute approximate surface area is 173 Å². The van der Waals surface area contributed by atoms with Crippen LogP contribution in [0.25, 0.3) is 11.1 Å². The van der Waals surface area contributed by atoms with Crippen molar-refractivity contribution < 1.29 is 14.0 Å². The van der Waals surface area contributed by atoms with Crippen LogP contribution in [-0.2, 0) is 10.5 Å². The lowest BCUT2D eigenvalue weighted by Gasteiger charge is -2.30. The van der Waals surface area contributed by atoms with E-state index in [9.17, 15) is 9.59 Å². The van der Waals surface area contributed by atoms with E-state index in [1.54, 1.807) is 4.90 Å². The van der Waals surface area contributed by atoms with Crippen LogP contribution in [0.15, 0.2) is 52.1 Å². The summed E-state index contributed by atoms with van der Waals surface area (Å²) < 4.78 is 5.81. The molecule has 2 aromatic carbocycles. The Balaban J connectivity index is 1.41. The zero-order chi connectivity index (χ0) is 20.4. The number of aromatic nitrogens is 1. The van der Waals surface area contributed by atoms with Gasteiger partial charge in [0.25, 0.3) is 11.1 Å². The molecule has 29 heavy (non-hydrogen) atoms. The molecule has 3 aromatic rings. The van der Waals surface area contributed by atoms with Gasteiger partial charge in [-0.05, 0) is 49.1 Å². The number of hydrogen-bond donors (Lipinski definition) is 1. The lowest BCUT2D eigenvalue weighted by Crippen LogP contribution is -2.41. The van der Waals surface area contributed by atoms with Gasteiger partial charge in [0.2, 0.25) is 5.91 Å². The minimum Gasteiger partial charge on any atom is -0.431 e. The summed E-state index contributed by atoms with van der Waals surface area (Å²) in [5.74, 6) is 0.265. The van der Waals surface area contributed by atoms with Gasteiger partial charge in [-0.2, -0.15) is 0 Å². The first-order chi connectivity index (χ1) is 14.0. The van der Waals surface area contributed by atoms with Crippen molar-refractivity contribution in [3.8, 4) is 0 Å². The van der Waals surface area contributed by atoms with Crippen LogP contribution in [-0.4, -0.2) is 34.8 Å². The first kappa shape index (κ1) is 19.5. The molecule has 4 rings (SSSR count).